The molecule has 1 N–H and O–H groups in total. The number of H-pyrrole nitrogens is 1. The molecule has 0 aliphatic carbocycles. The molecule has 0 spiro atoms. The van der Waals surface area contributed by atoms with Crippen LogP contribution in [0.3, 0.4) is 0 Å². The Hall–Kier alpha value is -2.51. The minimum atomic E-state index is 0.437. The van der Waals surface area contributed by atoms with Crippen LogP contribution < -0.4 is 4.90 Å². The minimum absolute atomic E-state index is 0.437. The molecule has 1 aliphatic rings. The average molecular weight is 337 g/mol. The van der Waals surface area contributed by atoms with Crippen molar-refractivity contribution < 1.29 is 0 Å². The molecule has 0 radical (unpaired) electrons. The molecular formula is C19H17ClN4. The van der Waals surface area contributed by atoms with Gasteiger partial charge in [-0.25, -0.2) is 4.98 Å². The first-order valence-corrected chi connectivity index (χ1v) is 8.51. The Morgan fingerprint density at radius 1 is 1.17 bits per heavy atom. The summed E-state index contributed by atoms with van der Waals surface area (Å²) in [7, 11) is 0. The fraction of sp³-hybridized carbons (Fsp3) is 0.263. The van der Waals surface area contributed by atoms with Gasteiger partial charge in [0.05, 0.1) is 22.3 Å². The van der Waals surface area contributed by atoms with Gasteiger partial charge in [-0.2, -0.15) is 5.26 Å². The quantitative estimate of drug-likeness (QED) is 0.751. The van der Waals surface area contributed by atoms with E-state index in [1.165, 1.54) is 0 Å². The van der Waals surface area contributed by atoms with Gasteiger partial charge in [0.2, 0.25) is 0 Å². The van der Waals surface area contributed by atoms with Crippen molar-refractivity contribution in [3.63, 3.8) is 0 Å². The topological polar surface area (TPSA) is 55.7 Å². The van der Waals surface area contributed by atoms with Crippen LogP contribution in [-0.4, -0.2) is 23.1 Å². The Morgan fingerprint density at radius 2 is 1.96 bits per heavy atom. The lowest BCUT2D eigenvalue weighted by Gasteiger charge is -2.33. The predicted octanol–water partition coefficient (Wildman–Crippen LogP) is 4.47. The highest BCUT2D eigenvalue weighted by Gasteiger charge is 2.24. The third-order valence-electron chi connectivity index (χ3n) is 4.71. The molecule has 0 unspecified atom stereocenters. The van der Waals surface area contributed by atoms with Gasteiger partial charge in [0.15, 0.2) is 0 Å². The van der Waals surface area contributed by atoms with Crippen molar-refractivity contribution in [2.24, 2.45) is 0 Å². The van der Waals surface area contributed by atoms with Crippen molar-refractivity contribution in [1.82, 2.24) is 9.97 Å². The van der Waals surface area contributed by atoms with Crippen LogP contribution in [0.1, 0.15) is 30.1 Å². The van der Waals surface area contributed by atoms with Crippen LogP contribution in [-0.2, 0) is 0 Å². The van der Waals surface area contributed by atoms with Gasteiger partial charge in [0, 0.05) is 24.0 Å². The number of hydrogen-bond donors (Lipinski definition) is 1. The van der Waals surface area contributed by atoms with E-state index in [1.807, 2.05) is 30.3 Å². The number of nitriles is 1. The molecule has 5 heteroatoms. The summed E-state index contributed by atoms with van der Waals surface area (Å²) >= 11 is 5.99. The van der Waals surface area contributed by atoms with Crippen molar-refractivity contribution in [3.05, 3.63) is 58.9 Å². The van der Waals surface area contributed by atoms with Gasteiger partial charge >= 0.3 is 0 Å². The Kier molecular flexibility index (Phi) is 3.87. The van der Waals surface area contributed by atoms with E-state index in [2.05, 4.69) is 22.0 Å². The molecule has 24 heavy (non-hydrogen) atoms. The zero-order chi connectivity index (χ0) is 16.5. The number of halogens is 1. The molecule has 0 bridgehead atoms. The molecule has 1 fully saturated rings. The number of imidazole rings is 1. The van der Waals surface area contributed by atoms with Crippen molar-refractivity contribution in [3.8, 4) is 6.07 Å². The third-order valence-corrected chi connectivity index (χ3v) is 4.94. The number of nitrogens with zero attached hydrogens (tertiary/aromatic N) is 3. The molecule has 4 nitrogen and oxygen atoms in total. The van der Waals surface area contributed by atoms with E-state index in [-0.39, 0.29) is 0 Å². The molecule has 2 heterocycles. The Labute approximate surface area is 145 Å². The van der Waals surface area contributed by atoms with Crippen LogP contribution in [0.25, 0.3) is 11.0 Å². The molecule has 2 aromatic carbocycles. The van der Waals surface area contributed by atoms with Crippen LogP contribution in [0.5, 0.6) is 0 Å². The minimum Gasteiger partial charge on any atom is -0.370 e. The molecule has 120 valence electrons. The van der Waals surface area contributed by atoms with Gasteiger partial charge in [-0.3, -0.25) is 0 Å². The van der Waals surface area contributed by atoms with Gasteiger partial charge < -0.3 is 9.88 Å². The van der Waals surface area contributed by atoms with Gasteiger partial charge in [-0.05, 0) is 43.2 Å². The summed E-state index contributed by atoms with van der Waals surface area (Å²) in [4.78, 5) is 10.5. The normalized spacial score (nSPS) is 15.6. The number of aromatic amines is 1. The standard InChI is InChI=1S/C19H17ClN4/c20-15-5-6-18(14(11-15)12-21)24-9-7-13(8-10-24)19-22-16-3-1-2-4-17(16)23-19/h1-6,11,13H,7-10H2,(H,22,23). The summed E-state index contributed by atoms with van der Waals surface area (Å²) < 4.78 is 0. The second-order valence-electron chi connectivity index (χ2n) is 6.17. The number of aromatic nitrogens is 2. The number of hydrogen-bond acceptors (Lipinski definition) is 3. The maximum Gasteiger partial charge on any atom is 0.110 e. The molecule has 0 amide bonds. The smallest absolute Gasteiger partial charge is 0.110 e. The number of anilines is 1. The number of para-hydroxylation sites is 2. The molecule has 3 aromatic rings. The number of nitrogens with one attached hydrogen (secondary N) is 1. The number of rotatable bonds is 2. The second kappa shape index (κ2) is 6.18. The summed E-state index contributed by atoms with van der Waals surface area (Å²) in [6, 6.07) is 15.9. The van der Waals surface area contributed by atoms with Crippen LogP contribution in [0.15, 0.2) is 42.5 Å². The van der Waals surface area contributed by atoms with E-state index in [9.17, 15) is 5.26 Å². The molecule has 1 aromatic heterocycles. The summed E-state index contributed by atoms with van der Waals surface area (Å²) in [6.07, 6.45) is 2.04. The molecule has 1 aliphatic heterocycles. The lowest BCUT2D eigenvalue weighted by Crippen LogP contribution is -2.33. The zero-order valence-corrected chi connectivity index (χ0v) is 13.9. The van der Waals surface area contributed by atoms with Gasteiger partial charge in [-0.1, -0.05) is 23.7 Å². The lowest BCUT2D eigenvalue weighted by atomic mass is 9.95. The van der Waals surface area contributed by atoms with Crippen molar-refractivity contribution in [1.29, 1.82) is 5.26 Å². The first-order valence-electron chi connectivity index (χ1n) is 8.14. The van der Waals surface area contributed by atoms with Crippen molar-refractivity contribution in [2.75, 3.05) is 18.0 Å². The van der Waals surface area contributed by atoms with Crippen LogP contribution in [0.4, 0.5) is 5.69 Å². The highest BCUT2D eigenvalue weighted by atomic mass is 35.5. The van der Waals surface area contributed by atoms with E-state index in [4.69, 9.17) is 16.6 Å². The third kappa shape index (κ3) is 2.72. The first kappa shape index (κ1) is 15.0. The maximum absolute atomic E-state index is 9.33. The highest BCUT2D eigenvalue weighted by molar-refractivity contribution is 6.30. The van der Waals surface area contributed by atoms with Gasteiger partial charge in [0.25, 0.3) is 0 Å². The average Bonchev–Trinajstić information content (AvgIpc) is 3.06. The number of fused-ring (bicyclic) bond motifs is 1. The fourth-order valence-electron chi connectivity index (χ4n) is 3.43. The molecule has 4 rings (SSSR count). The second-order valence-corrected chi connectivity index (χ2v) is 6.61. The van der Waals surface area contributed by atoms with Gasteiger partial charge in [0.1, 0.15) is 11.9 Å². The summed E-state index contributed by atoms with van der Waals surface area (Å²) in [6.45, 7) is 1.83. The summed E-state index contributed by atoms with van der Waals surface area (Å²) in [5.41, 5.74) is 3.74. The van der Waals surface area contributed by atoms with Crippen molar-refractivity contribution in [2.45, 2.75) is 18.8 Å². The fourth-order valence-corrected chi connectivity index (χ4v) is 3.61. The molecular weight excluding hydrogens is 320 g/mol. The van der Waals surface area contributed by atoms with E-state index in [1.54, 1.807) is 6.07 Å². The number of piperidine rings is 1. The maximum atomic E-state index is 9.33. The molecule has 1 saturated heterocycles. The predicted molar refractivity (Wildman–Crippen MR) is 96.4 cm³/mol. The lowest BCUT2D eigenvalue weighted by molar-refractivity contribution is 0.489. The van der Waals surface area contributed by atoms with E-state index in [0.717, 1.165) is 48.5 Å². The Balaban J connectivity index is 1.52. The Morgan fingerprint density at radius 3 is 2.71 bits per heavy atom. The number of benzene rings is 2. The monoisotopic (exact) mass is 336 g/mol. The largest absolute Gasteiger partial charge is 0.370 e. The van der Waals surface area contributed by atoms with E-state index >= 15 is 0 Å². The van der Waals surface area contributed by atoms with Crippen LogP contribution in [0.2, 0.25) is 5.02 Å². The van der Waals surface area contributed by atoms with Crippen LogP contribution >= 0.6 is 11.6 Å². The van der Waals surface area contributed by atoms with Crippen molar-refractivity contribution >= 4 is 28.3 Å². The zero-order valence-electron chi connectivity index (χ0n) is 13.2. The summed E-state index contributed by atoms with van der Waals surface area (Å²) in [5.74, 6) is 1.51. The molecule has 0 atom stereocenters. The molecule has 0 saturated carbocycles. The highest BCUT2D eigenvalue weighted by Crippen LogP contribution is 2.32. The first-order chi connectivity index (χ1) is 11.7. The van der Waals surface area contributed by atoms with Gasteiger partial charge in [-0.15, -0.1) is 0 Å². The van der Waals surface area contributed by atoms with E-state index in [0.29, 0.717) is 16.5 Å². The SMILES string of the molecule is N#Cc1cc(Cl)ccc1N1CCC(c2nc3ccccc3[nH]2)CC1. The van der Waals surface area contributed by atoms with E-state index < -0.39 is 0 Å². The Bertz CT molecular complexity index is 884. The van der Waals surface area contributed by atoms with Crippen LogP contribution in [0, 0.1) is 11.3 Å². The summed E-state index contributed by atoms with van der Waals surface area (Å²) in [5, 5.41) is 9.94.